The van der Waals surface area contributed by atoms with Crippen molar-refractivity contribution in [1.29, 1.82) is 0 Å². The van der Waals surface area contributed by atoms with Gasteiger partial charge < -0.3 is 9.42 Å². The lowest BCUT2D eigenvalue weighted by atomic mass is 10.3. The van der Waals surface area contributed by atoms with Crippen molar-refractivity contribution < 1.29 is 9.32 Å². The fourth-order valence-electron chi connectivity index (χ4n) is 2.99. The van der Waals surface area contributed by atoms with Crippen LogP contribution in [0.1, 0.15) is 46.7 Å². The smallest absolute Gasteiger partial charge is 0.297 e. The van der Waals surface area contributed by atoms with E-state index in [0.29, 0.717) is 23.1 Å². The molecule has 4 rings (SSSR count). The summed E-state index contributed by atoms with van der Waals surface area (Å²) in [4.78, 5) is 19.0. The number of rotatable bonds is 4. The van der Waals surface area contributed by atoms with E-state index in [1.165, 1.54) is 4.90 Å². The zero-order chi connectivity index (χ0) is 17.6. The molecule has 25 heavy (non-hydrogen) atoms. The molecule has 1 fully saturated rings. The van der Waals surface area contributed by atoms with Crippen LogP contribution in [0.4, 0.5) is 5.69 Å². The van der Waals surface area contributed by atoms with Crippen molar-refractivity contribution in [3.05, 3.63) is 53.4 Å². The van der Waals surface area contributed by atoms with Crippen LogP contribution in [0.3, 0.4) is 0 Å². The highest BCUT2D eigenvalue weighted by atomic mass is 16.5. The fraction of sp³-hybridized carbons (Fsp3) is 0.333. The number of aromatic nitrogens is 4. The summed E-state index contributed by atoms with van der Waals surface area (Å²) in [6.45, 7) is 3.59. The van der Waals surface area contributed by atoms with E-state index in [4.69, 9.17) is 4.52 Å². The van der Waals surface area contributed by atoms with Gasteiger partial charge in [0.1, 0.15) is 17.2 Å². The van der Waals surface area contributed by atoms with Crippen LogP contribution >= 0.6 is 0 Å². The third-order valence-electron chi connectivity index (χ3n) is 4.40. The third-order valence-corrected chi connectivity index (χ3v) is 4.40. The predicted molar refractivity (Wildman–Crippen MR) is 92.0 cm³/mol. The zero-order valence-corrected chi connectivity index (χ0v) is 14.4. The van der Waals surface area contributed by atoms with Crippen molar-refractivity contribution in [3.8, 4) is 5.69 Å². The van der Waals surface area contributed by atoms with E-state index < -0.39 is 0 Å². The first-order valence-electron chi connectivity index (χ1n) is 8.29. The number of hydrogen-bond donors (Lipinski definition) is 0. The summed E-state index contributed by atoms with van der Waals surface area (Å²) >= 11 is 0. The fourth-order valence-corrected chi connectivity index (χ4v) is 2.99. The lowest BCUT2D eigenvalue weighted by molar-refractivity contribution is 0.0982. The minimum atomic E-state index is -0.272. The van der Waals surface area contributed by atoms with Crippen LogP contribution < -0.4 is 4.90 Å². The van der Waals surface area contributed by atoms with Crippen LogP contribution in [0, 0.1) is 13.8 Å². The highest BCUT2D eigenvalue weighted by molar-refractivity contribution is 6.03. The van der Waals surface area contributed by atoms with Crippen LogP contribution in [0.25, 0.3) is 5.69 Å². The van der Waals surface area contributed by atoms with Crippen molar-refractivity contribution in [2.75, 3.05) is 11.9 Å². The molecule has 1 saturated carbocycles. The van der Waals surface area contributed by atoms with Gasteiger partial charge in [-0.15, -0.1) is 5.10 Å². The average molecular weight is 337 g/mol. The second kappa shape index (κ2) is 5.84. The second-order valence-electron chi connectivity index (χ2n) is 6.35. The standard InChI is InChI=1S/C18H19N5O2/c1-11-15(12(2)25-21-11)22(3)18(24)16-19-17(13-9-10-13)23(20-16)14-7-5-4-6-8-14/h4-8,13H,9-10H2,1-3H3. The van der Waals surface area contributed by atoms with Gasteiger partial charge >= 0.3 is 0 Å². The average Bonchev–Trinajstić information content (AvgIpc) is 3.29. The van der Waals surface area contributed by atoms with Gasteiger partial charge in [0.25, 0.3) is 5.91 Å². The molecule has 1 amide bonds. The minimum Gasteiger partial charge on any atom is -0.359 e. The SMILES string of the molecule is Cc1noc(C)c1N(C)C(=O)c1nc(C2CC2)n(-c2ccccc2)n1. The Morgan fingerprint density at radius 1 is 1.24 bits per heavy atom. The van der Waals surface area contributed by atoms with E-state index in [1.807, 2.05) is 30.3 Å². The predicted octanol–water partition coefficient (Wildman–Crippen LogP) is 3.03. The highest BCUT2D eigenvalue weighted by Crippen LogP contribution is 2.39. The molecule has 0 unspecified atom stereocenters. The molecule has 0 spiro atoms. The molecule has 1 aromatic carbocycles. The molecule has 7 nitrogen and oxygen atoms in total. The Labute approximate surface area is 145 Å². The van der Waals surface area contributed by atoms with Gasteiger partial charge in [-0.25, -0.2) is 9.67 Å². The Hall–Kier alpha value is -2.96. The largest absolute Gasteiger partial charge is 0.359 e. The van der Waals surface area contributed by atoms with Crippen LogP contribution in [-0.2, 0) is 0 Å². The van der Waals surface area contributed by atoms with Gasteiger partial charge in [0, 0.05) is 13.0 Å². The van der Waals surface area contributed by atoms with Crippen molar-refractivity contribution >= 4 is 11.6 Å². The van der Waals surface area contributed by atoms with Gasteiger partial charge in [0.05, 0.1) is 5.69 Å². The van der Waals surface area contributed by atoms with Gasteiger partial charge in [-0.1, -0.05) is 23.4 Å². The number of carbonyl (C=O) groups excluding carboxylic acids is 1. The molecule has 7 heteroatoms. The van der Waals surface area contributed by atoms with Gasteiger partial charge in [0.2, 0.25) is 5.82 Å². The Morgan fingerprint density at radius 2 is 1.96 bits per heavy atom. The zero-order valence-electron chi connectivity index (χ0n) is 14.4. The summed E-state index contributed by atoms with van der Waals surface area (Å²) in [6.07, 6.45) is 2.16. The lowest BCUT2D eigenvalue weighted by Gasteiger charge is -2.14. The summed E-state index contributed by atoms with van der Waals surface area (Å²) in [7, 11) is 1.69. The van der Waals surface area contributed by atoms with Crippen molar-refractivity contribution in [1.82, 2.24) is 19.9 Å². The number of anilines is 1. The van der Waals surface area contributed by atoms with E-state index in [1.54, 1.807) is 25.6 Å². The summed E-state index contributed by atoms with van der Waals surface area (Å²) in [5.41, 5.74) is 2.24. The Kier molecular flexibility index (Phi) is 3.63. The molecular weight excluding hydrogens is 318 g/mol. The van der Waals surface area contributed by atoms with E-state index in [0.717, 1.165) is 24.4 Å². The first-order chi connectivity index (χ1) is 12.1. The lowest BCUT2D eigenvalue weighted by Crippen LogP contribution is -2.28. The molecule has 0 aliphatic heterocycles. The Balaban J connectivity index is 1.72. The Morgan fingerprint density at radius 3 is 2.56 bits per heavy atom. The van der Waals surface area contributed by atoms with Crippen LogP contribution in [0.5, 0.6) is 0 Å². The quantitative estimate of drug-likeness (QED) is 0.731. The van der Waals surface area contributed by atoms with Gasteiger partial charge in [-0.3, -0.25) is 4.79 Å². The number of nitrogens with zero attached hydrogens (tertiary/aromatic N) is 5. The minimum absolute atomic E-state index is 0.188. The summed E-state index contributed by atoms with van der Waals surface area (Å²) in [5, 5.41) is 8.40. The van der Waals surface area contributed by atoms with E-state index in [-0.39, 0.29) is 11.7 Å². The van der Waals surface area contributed by atoms with Gasteiger partial charge in [-0.2, -0.15) is 0 Å². The second-order valence-corrected chi connectivity index (χ2v) is 6.35. The first-order valence-corrected chi connectivity index (χ1v) is 8.29. The van der Waals surface area contributed by atoms with Crippen LogP contribution in [0.15, 0.2) is 34.9 Å². The van der Waals surface area contributed by atoms with Crippen molar-refractivity contribution in [2.24, 2.45) is 0 Å². The molecule has 0 saturated heterocycles. The van der Waals surface area contributed by atoms with E-state index >= 15 is 0 Å². The van der Waals surface area contributed by atoms with Gasteiger partial charge in [0.15, 0.2) is 5.76 Å². The van der Waals surface area contributed by atoms with Crippen molar-refractivity contribution in [2.45, 2.75) is 32.6 Å². The maximum Gasteiger partial charge on any atom is 0.297 e. The van der Waals surface area contributed by atoms with Crippen molar-refractivity contribution in [3.63, 3.8) is 0 Å². The topological polar surface area (TPSA) is 77.0 Å². The molecule has 0 radical (unpaired) electrons. The van der Waals surface area contributed by atoms with Gasteiger partial charge in [-0.05, 0) is 38.8 Å². The normalized spacial score (nSPS) is 13.9. The van der Waals surface area contributed by atoms with Crippen LogP contribution in [0.2, 0.25) is 0 Å². The number of hydrogen-bond acceptors (Lipinski definition) is 5. The van der Waals surface area contributed by atoms with E-state index in [9.17, 15) is 4.79 Å². The number of amides is 1. The Bertz CT molecular complexity index is 905. The molecule has 2 aromatic heterocycles. The molecule has 3 aromatic rings. The molecule has 1 aliphatic carbocycles. The molecule has 1 aliphatic rings. The first kappa shape index (κ1) is 15.6. The number of carbonyl (C=O) groups is 1. The van der Waals surface area contributed by atoms with E-state index in [2.05, 4.69) is 15.2 Å². The monoisotopic (exact) mass is 337 g/mol. The number of para-hydroxylation sites is 1. The molecule has 0 N–H and O–H groups in total. The van der Waals surface area contributed by atoms with Crippen LogP contribution in [-0.4, -0.2) is 32.9 Å². The summed E-state index contributed by atoms with van der Waals surface area (Å²) in [6, 6.07) is 9.78. The maximum absolute atomic E-state index is 12.9. The molecule has 0 bridgehead atoms. The number of benzene rings is 1. The number of aryl methyl sites for hydroxylation is 2. The third kappa shape index (κ3) is 2.71. The maximum atomic E-state index is 12.9. The molecular formula is C18H19N5O2. The summed E-state index contributed by atoms with van der Waals surface area (Å²) in [5.74, 6) is 1.73. The molecule has 0 atom stereocenters. The highest BCUT2D eigenvalue weighted by Gasteiger charge is 2.33. The molecule has 128 valence electrons. The summed E-state index contributed by atoms with van der Waals surface area (Å²) < 4.78 is 6.94. The molecule has 2 heterocycles.